The molecule has 0 spiro atoms. The molecule has 0 saturated heterocycles. The number of nitrogens with one attached hydrogen (secondary N) is 4. The van der Waals surface area contributed by atoms with E-state index in [1.165, 1.54) is 19.4 Å². The zero-order chi connectivity index (χ0) is 26.8. The average Bonchev–Trinajstić information content (AvgIpc) is 3.33. The lowest BCUT2D eigenvalue weighted by molar-refractivity contribution is -0.144. The van der Waals surface area contributed by atoms with E-state index in [1.54, 1.807) is 44.2 Å². The molecule has 0 bridgehead atoms. The minimum absolute atomic E-state index is 0.0904. The largest absolute Gasteiger partial charge is 0.480 e. The number of aliphatic carboxylic acids is 1. The minimum Gasteiger partial charge on any atom is -0.480 e. The van der Waals surface area contributed by atoms with Gasteiger partial charge in [-0.05, 0) is 18.4 Å². The summed E-state index contributed by atoms with van der Waals surface area (Å²) in [6.45, 7) is 4.53. The number of hydrogen-bond acceptors (Lipinski definition) is 7. The number of benzene rings is 1. The van der Waals surface area contributed by atoms with Crippen molar-refractivity contribution in [2.75, 3.05) is 0 Å². The summed E-state index contributed by atoms with van der Waals surface area (Å²) < 4.78 is 0. The zero-order valence-corrected chi connectivity index (χ0v) is 20.5. The minimum atomic E-state index is -1.45. The van der Waals surface area contributed by atoms with Crippen LogP contribution < -0.4 is 21.7 Å². The van der Waals surface area contributed by atoms with Crippen LogP contribution in [0.25, 0.3) is 0 Å². The van der Waals surface area contributed by atoms with Crippen molar-refractivity contribution in [3.63, 3.8) is 0 Å². The second kappa shape index (κ2) is 13.4. The number of carboxylic acid groups (broad SMARTS) is 1. The lowest BCUT2D eigenvalue weighted by atomic mass is 10.0. The highest BCUT2D eigenvalue weighted by Crippen LogP contribution is 2.07. The number of H-pyrrole nitrogens is 1. The second-order valence-electron chi connectivity index (χ2n) is 8.93. The van der Waals surface area contributed by atoms with E-state index in [0.717, 1.165) is 5.56 Å². The maximum absolute atomic E-state index is 13.2. The second-order valence-corrected chi connectivity index (χ2v) is 8.93. The quantitative estimate of drug-likeness (QED) is 0.183. The molecule has 196 valence electrons. The van der Waals surface area contributed by atoms with Crippen LogP contribution in [0.4, 0.5) is 0 Å². The summed E-state index contributed by atoms with van der Waals surface area (Å²) in [6, 6.07) is 4.14. The molecular weight excluding hydrogens is 468 g/mol. The van der Waals surface area contributed by atoms with Crippen LogP contribution in [-0.4, -0.2) is 74.1 Å². The van der Waals surface area contributed by atoms with Crippen LogP contribution in [0.2, 0.25) is 0 Å². The predicted molar refractivity (Wildman–Crippen MR) is 130 cm³/mol. The van der Waals surface area contributed by atoms with Gasteiger partial charge < -0.3 is 36.9 Å². The Morgan fingerprint density at radius 1 is 0.944 bits per heavy atom. The molecule has 36 heavy (non-hydrogen) atoms. The third kappa shape index (κ3) is 8.47. The molecule has 0 aliphatic carbocycles. The van der Waals surface area contributed by atoms with Gasteiger partial charge in [-0.25, -0.2) is 9.78 Å². The van der Waals surface area contributed by atoms with E-state index in [1.807, 2.05) is 0 Å². The van der Waals surface area contributed by atoms with Crippen LogP contribution >= 0.6 is 0 Å². The summed E-state index contributed by atoms with van der Waals surface area (Å²) in [5.74, 6) is -3.86. The highest BCUT2D eigenvalue weighted by molar-refractivity contribution is 5.94. The Bertz CT molecular complexity index is 1010. The topological polar surface area (TPSA) is 200 Å². The number of carboxylic acids is 1. The first-order chi connectivity index (χ1) is 17.0. The van der Waals surface area contributed by atoms with Crippen LogP contribution in [0.15, 0.2) is 42.9 Å². The monoisotopic (exact) mass is 502 g/mol. The van der Waals surface area contributed by atoms with E-state index in [2.05, 4.69) is 25.9 Å². The third-order valence-electron chi connectivity index (χ3n) is 5.54. The molecule has 0 aliphatic heterocycles. The Labute approximate surface area is 209 Å². The standard InChI is InChI=1S/C24H34N6O6/c1-13(2)19(24(35)36)29-23(34)20(14(3)31)30-22(33)18(9-15-7-5-4-6-8-15)28-21(32)17(25)10-16-11-26-12-27-16/h4-8,11-14,17-20,31H,9-10,25H2,1-3H3,(H,26,27)(H,28,32)(H,29,34)(H,30,33)(H,35,36). The predicted octanol–water partition coefficient (Wildman–Crippen LogP) is -0.902. The summed E-state index contributed by atoms with van der Waals surface area (Å²) in [7, 11) is 0. The number of aliphatic hydroxyl groups excluding tert-OH is 1. The van der Waals surface area contributed by atoms with Gasteiger partial charge in [-0.2, -0.15) is 0 Å². The maximum Gasteiger partial charge on any atom is 0.326 e. The number of amides is 3. The summed E-state index contributed by atoms with van der Waals surface area (Å²) in [4.78, 5) is 57.0. The molecule has 0 radical (unpaired) electrons. The fraction of sp³-hybridized carbons (Fsp3) is 0.458. The smallest absolute Gasteiger partial charge is 0.326 e. The highest BCUT2D eigenvalue weighted by atomic mass is 16.4. The van der Waals surface area contributed by atoms with Crippen molar-refractivity contribution < 1.29 is 29.4 Å². The molecule has 8 N–H and O–H groups in total. The molecule has 2 aromatic rings. The Hall–Kier alpha value is -3.77. The Morgan fingerprint density at radius 2 is 1.58 bits per heavy atom. The fourth-order valence-electron chi connectivity index (χ4n) is 3.48. The fourth-order valence-corrected chi connectivity index (χ4v) is 3.48. The van der Waals surface area contributed by atoms with Crippen LogP contribution in [0.1, 0.15) is 32.0 Å². The van der Waals surface area contributed by atoms with Crippen LogP contribution in [0.3, 0.4) is 0 Å². The van der Waals surface area contributed by atoms with Gasteiger partial charge in [0.15, 0.2) is 0 Å². The van der Waals surface area contributed by atoms with E-state index in [4.69, 9.17) is 5.73 Å². The van der Waals surface area contributed by atoms with E-state index in [9.17, 15) is 29.4 Å². The molecule has 12 heteroatoms. The van der Waals surface area contributed by atoms with Gasteiger partial charge in [0.1, 0.15) is 18.1 Å². The molecule has 1 aromatic heterocycles. The van der Waals surface area contributed by atoms with E-state index >= 15 is 0 Å². The van der Waals surface area contributed by atoms with Crippen LogP contribution in [-0.2, 0) is 32.0 Å². The molecule has 5 atom stereocenters. The lowest BCUT2D eigenvalue weighted by Crippen LogP contribution is -2.60. The number of carbonyl (C=O) groups is 4. The van der Waals surface area contributed by atoms with Gasteiger partial charge in [0.25, 0.3) is 0 Å². The van der Waals surface area contributed by atoms with Gasteiger partial charge in [-0.3, -0.25) is 14.4 Å². The van der Waals surface area contributed by atoms with Crippen molar-refractivity contribution in [1.82, 2.24) is 25.9 Å². The molecule has 0 fully saturated rings. The molecular formula is C24H34N6O6. The van der Waals surface area contributed by atoms with Crippen molar-refractivity contribution in [3.8, 4) is 0 Å². The normalized spacial score (nSPS) is 15.3. The Balaban J connectivity index is 2.18. The number of carbonyl (C=O) groups excluding carboxylic acids is 3. The Morgan fingerprint density at radius 3 is 2.11 bits per heavy atom. The highest BCUT2D eigenvalue weighted by Gasteiger charge is 2.33. The Kier molecular flexibility index (Phi) is 10.6. The molecule has 0 saturated carbocycles. The van der Waals surface area contributed by atoms with Gasteiger partial charge in [0, 0.05) is 24.7 Å². The number of nitrogens with zero attached hydrogens (tertiary/aromatic N) is 1. The molecule has 5 unspecified atom stereocenters. The number of imidazole rings is 1. The first-order valence-corrected chi connectivity index (χ1v) is 11.6. The molecule has 1 aromatic carbocycles. The van der Waals surface area contributed by atoms with Gasteiger partial charge in [0.05, 0.1) is 18.5 Å². The van der Waals surface area contributed by atoms with Crippen LogP contribution in [0.5, 0.6) is 0 Å². The maximum atomic E-state index is 13.2. The summed E-state index contributed by atoms with van der Waals surface area (Å²) >= 11 is 0. The van der Waals surface area contributed by atoms with Crippen molar-refractivity contribution >= 4 is 23.7 Å². The van der Waals surface area contributed by atoms with Gasteiger partial charge in [-0.15, -0.1) is 0 Å². The zero-order valence-electron chi connectivity index (χ0n) is 20.5. The number of rotatable bonds is 13. The molecule has 12 nitrogen and oxygen atoms in total. The first kappa shape index (κ1) is 28.5. The number of aromatic nitrogens is 2. The van der Waals surface area contributed by atoms with Crippen molar-refractivity contribution in [2.45, 2.75) is 63.9 Å². The van der Waals surface area contributed by atoms with Crippen molar-refractivity contribution in [3.05, 3.63) is 54.1 Å². The number of nitrogens with two attached hydrogens (primary N) is 1. The first-order valence-electron chi connectivity index (χ1n) is 11.6. The van der Waals surface area contributed by atoms with Crippen molar-refractivity contribution in [2.24, 2.45) is 11.7 Å². The summed E-state index contributed by atoms with van der Waals surface area (Å²) in [5.41, 5.74) is 7.39. The van der Waals surface area contributed by atoms with E-state index in [-0.39, 0.29) is 12.8 Å². The summed E-state index contributed by atoms with van der Waals surface area (Å²) in [5, 5.41) is 26.9. The number of hydrogen-bond donors (Lipinski definition) is 7. The molecule has 2 rings (SSSR count). The average molecular weight is 503 g/mol. The van der Waals surface area contributed by atoms with Crippen LogP contribution in [0, 0.1) is 5.92 Å². The molecule has 0 aliphatic rings. The number of aromatic amines is 1. The summed E-state index contributed by atoms with van der Waals surface area (Å²) in [6.07, 6.45) is 1.91. The number of aliphatic hydroxyl groups is 1. The van der Waals surface area contributed by atoms with Gasteiger partial charge in [0.2, 0.25) is 17.7 Å². The van der Waals surface area contributed by atoms with E-state index in [0.29, 0.717) is 5.69 Å². The van der Waals surface area contributed by atoms with Gasteiger partial charge >= 0.3 is 5.97 Å². The molecule has 1 heterocycles. The third-order valence-corrected chi connectivity index (χ3v) is 5.54. The van der Waals surface area contributed by atoms with E-state index < -0.39 is 59.9 Å². The van der Waals surface area contributed by atoms with Gasteiger partial charge in [-0.1, -0.05) is 44.2 Å². The SMILES string of the molecule is CC(C)C(NC(=O)C(NC(=O)C(Cc1ccccc1)NC(=O)C(N)Cc1cnc[nH]1)C(C)O)C(=O)O. The van der Waals surface area contributed by atoms with Crippen molar-refractivity contribution in [1.29, 1.82) is 0 Å². The lowest BCUT2D eigenvalue weighted by Gasteiger charge is -2.27. The molecule has 3 amide bonds.